The second kappa shape index (κ2) is 11.1. The van der Waals surface area contributed by atoms with Crippen molar-refractivity contribution >= 4 is 46.4 Å². The monoisotopic (exact) mass is 472 g/mol. The van der Waals surface area contributed by atoms with Gasteiger partial charge < -0.3 is 10.5 Å². The third kappa shape index (κ3) is 6.09. The second-order valence-electron chi connectivity index (χ2n) is 7.23. The van der Waals surface area contributed by atoms with Crippen LogP contribution < -0.4 is 5.73 Å². The summed E-state index contributed by atoms with van der Waals surface area (Å²) in [7, 11) is 1.33. The van der Waals surface area contributed by atoms with E-state index in [1.807, 2.05) is 44.2 Å². The lowest BCUT2D eigenvalue weighted by Gasteiger charge is -2.12. The fourth-order valence-corrected chi connectivity index (χ4v) is 3.69. The van der Waals surface area contributed by atoms with Crippen LogP contribution in [0, 0.1) is 0 Å². The molecule has 0 heterocycles. The van der Waals surface area contributed by atoms with Crippen LogP contribution in [0.3, 0.4) is 0 Å². The summed E-state index contributed by atoms with van der Waals surface area (Å²) in [6, 6.07) is 11.3. The van der Waals surface area contributed by atoms with Crippen molar-refractivity contribution in [2.45, 2.75) is 34.1 Å². The lowest BCUT2D eigenvalue weighted by molar-refractivity contribution is -0.139. The smallest absolute Gasteiger partial charge is 0.310 e. The standard InChI is InChI=1S/C25H26Cl2N2O3/c1-6-20(16(4)29-15(3)14(2)25(28)31)17-7-9-18(10-8-17)21-13-22(26)19(11-23(21)27)12-24(30)32-5/h6-11,13H,12H2,1-5H3,(H2,28,31)/b15-14+,20-6?,29-16?. The Morgan fingerprint density at radius 3 is 2.22 bits per heavy atom. The third-order valence-corrected chi connectivity index (χ3v) is 5.80. The number of ether oxygens (including phenoxy) is 1. The summed E-state index contributed by atoms with van der Waals surface area (Å²) in [6.07, 6.45) is 2.02. The lowest BCUT2D eigenvalue weighted by Crippen LogP contribution is -2.13. The van der Waals surface area contributed by atoms with Crippen molar-refractivity contribution in [2.75, 3.05) is 7.11 Å². The predicted octanol–water partition coefficient (Wildman–Crippen LogP) is 6.02. The van der Waals surface area contributed by atoms with E-state index in [2.05, 4.69) is 4.99 Å². The van der Waals surface area contributed by atoms with Crippen LogP contribution in [-0.2, 0) is 20.7 Å². The summed E-state index contributed by atoms with van der Waals surface area (Å²) in [6.45, 7) is 7.23. The molecule has 0 bridgehead atoms. The van der Waals surface area contributed by atoms with E-state index in [-0.39, 0.29) is 12.4 Å². The maximum Gasteiger partial charge on any atom is 0.310 e. The summed E-state index contributed by atoms with van der Waals surface area (Å²) in [5.41, 5.74) is 11.3. The van der Waals surface area contributed by atoms with Gasteiger partial charge in [-0.05, 0) is 62.1 Å². The number of nitrogens with zero attached hydrogens (tertiary/aromatic N) is 1. The molecule has 2 aromatic carbocycles. The minimum absolute atomic E-state index is 0.0562. The van der Waals surface area contributed by atoms with Gasteiger partial charge in [0.1, 0.15) is 0 Å². The number of nitrogens with two attached hydrogens (primary N) is 1. The molecule has 0 spiro atoms. The maximum atomic E-state index is 11.6. The van der Waals surface area contributed by atoms with E-state index in [9.17, 15) is 9.59 Å². The first-order valence-corrected chi connectivity index (χ1v) is 10.7. The third-order valence-electron chi connectivity index (χ3n) is 5.13. The molecule has 2 rings (SSSR count). The molecule has 1 amide bonds. The molecule has 5 nitrogen and oxygen atoms in total. The van der Waals surface area contributed by atoms with Crippen molar-refractivity contribution in [3.05, 3.63) is 74.9 Å². The highest BCUT2D eigenvalue weighted by Gasteiger charge is 2.13. The molecule has 0 atom stereocenters. The maximum absolute atomic E-state index is 11.6. The number of esters is 1. The van der Waals surface area contributed by atoms with Crippen LogP contribution in [0.1, 0.15) is 38.8 Å². The van der Waals surface area contributed by atoms with Gasteiger partial charge in [0.25, 0.3) is 0 Å². The average molecular weight is 473 g/mol. The number of carbonyl (C=O) groups is 2. The molecule has 2 aromatic rings. The van der Waals surface area contributed by atoms with Gasteiger partial charge in [-0.1, -0.05) is 53.5 Å². The zero-order valence-electron chi connectivity index (χ0n) is 18.8. The summed E-state index contributed by atoms with van der Waals surface area (Å²) in [4.78, 5) is 27.5. The highest BCUT2D eigenvalue weighted by Crippen LogP contribution is 2.34. The first-order chi connectivity index (χ1) is 15.1. The van der Waals surface area contributed by atoms with Crippen LogP contribution in [0.5, 0.6) is 0 Å². The molecule has 2 N–H and O–H groups in total. The Kier molecular flexibility index (Phi) is 8.81. The number of hydrogen-bond acceptors (Lipinski definition) is 4. The molecule has 0 unspecified atom stereocenters. The summed E-state index contributed by atoms with van der Waals surface area (Å²) in [5.74, 6) is -0.870. The van der Waals surface area contributed by atoms with Crippen molar-refractivity contribution in [1.29, 1.82) is 0 Å². The van der Waals surface area contributed by atoms with Crippen molar-refractivity contribution in [3.8, 4) is 11.1 Å². The molecule has 7 heteroatoms. The lowest BCUT2D eigenvalue weighted by atomic mass is 9.97. The Labute approximate surface area is 198 Å². The van der Waals surface area contributed by atoms with Crippen molar-refractivity contribution in [1.82, 2.24) is 0 Å². The molecule has 0 aliphatic rings. The number of halogens is 2. The number of benzene rings is 2. The number of allylic oxidation sites excluding steroid dienone is 3. The SMILES string of the molecule is CC=C(C(C)=N/C(C)=C(\C)C(N)=O)c1ccc(-c2cc(Cl)c(CC(=O)OC)cc2Cl)cc1. The van der Waals surface area contributed by atoms with E-state index < -0.39 is 5.91 Å². The zero-order valence-corrected chi connectivity index (χ0v) is 20.3. The van der Waals surface area contributed by atoms with Crippen molar-refractivity contribution < 1.29 is 14.3 Å². The second-order valence-corrected chi connectivity index (χ2v) is 8.04. The van der Waals surface area contributed by atoms with Gasteiger partial charge in [0.05, 0.1) is 13.5 Å². The first-order valence-electron chi connectivity index (χ1n) is 9.93. The molecule has 0 aliphatic heterocycles. The fraction of sp³-hybridized carbons (Fsp3) is 0.240. The number of amides is 1. The number of primary amides is 1. The van der Waals surface area contributed by atoms with Crippen molar-refractivity contribution in [2.24, 2.45) is 10.7 Å². The Hall–Kier alpha value is -2.89. The van der Waals surface area contributed by atoms with E-state index >= 15 is 0 Å². The molecular formula is C25H26Cl2N2O3. The highest BCUT2D eigenvalue weighted by molar-refractivity contribution is 6.36. The van der Waals surface area contributed by atoms with Crippen molar-refractivity contribution in [3.63, 3.8) is 0 Å². The first kappa shape index (κ1) is 25.4. The average Bonchev–Trinajstić information content (AvgIpc) is 2.76. The van der Waals surface area contributed by atoms with E-state index in [1.165, 1.54) is 7.11 Å². The number of aliphatic imine (C=N–C) groups is 1. The topological polar surface area (TPSA) is 81.8 Å². The van der Waals surface area contributed by atoms with Gasteiger partial charge >= 0.3 is 5.97 Å². The van der Waals surface area contributed by atoms with E-state index in [4.69, 9.17) is 33.7 Å². The van der Waals surface area contributed by atoms with Gasteiger partial charge in [0.15, 0.2) is 0 Å². The molecule has 0 aromatic heterocycles. The van der Waals surface area contributed by atoms with Gasteiger partial charge in [-0.15, -0.1) is 0 Å². The molecule has 168 valence electrons. The van der Waals surface area contributed by atoms with Crippen LogP contribution in [0.4, 0.5) is 0 Å². The zero-order chi connectivity index (χ0) is 24.0. The Morgan fingerprint density at radius 2 is 1.69 bits per heavy atom. The summed E-state index contributed by atoms with van der Waals surface area (Å²) >= 11 is 12.8. The molecule has 32 heavy (non-hydrogen) atoms. The van der Waals surface area contributed by atoms with Crippen LogP contribution >= 0.6 is 23.2 Å². The molecule has 0 saturated heterocycles. The van der Waals surface area contributed by atoms with Gasteiger partial charge in [0, 0.05) is 32.6 Å². The Balaban J connectivity index is 2.37. The van der Waals surface area contributed by atoms with Gasteiger partial charge in [-0.25, -0.2) is 0 Å². The van der Waals surface area contributed by atoms with Gasteiger partial charge in [-0.2, -0.15) is 0 Å². The Morgan fingerprint density at radius 1 is 1.06 bits per heavy atom. The number of hydrogen-bond donors (Lipinski definition) is 1. The molecular weight excluding hydrogens is 447 g/mol. The molecule has 0 saturated carbocycles. The van der Waals surface area contributed by atoms with Crippen LogP contribution in [0.2, 0.25) is 10.0 Å². The number of carbonyl (C=O) groups excluding carboxylic acids is 2. The fourth-order valence-electron chi connectivity index (χ4n) is 3.16. The van der Waals surface area contributed by atoms with Gasteiger partial charge in [0.2, 0.25) is 5.91 Å². The van der Waals surface area contributed by atoms with E-state index in [1.54, 1.807) is 26.0 Å². The predicted molar refractivity (Wildman–Crippen MR) is 132 cm³/mol. The Bertz CT molecular complexity index is 1130. The number of rotatable bonds is 7. The minimum atomic E-state index is -0.487. The highest BCUT2D eigenvalue weighted by atomic mass is 35.5. The number of methoxy groups -OCH3 is 1. The summed E-state index contributed by atoms with van der Waals surface area (Å²) < 4.78 is 4.70. The molecule has 0 aliphatic carbocycles. The van der Waals surface area contributed by atoms with Gasteiger partial charge in [-0.3, -0.25) is 14.6 Å². The van der Waals surface area contributed by atoms with Crippen LogP contribution in [0.15, 0.2) is 58.7 Å². The normalized spacial score (nSPS) is 13.0. The molecule has 0 fully saturated rings. The van der Waals surface area contributed by atoms with Crippen LogP contribution in [0.25, 0.3) is 16.7 Å². The molecule has 0 radical (unpaired) electrons. The summed E-state index contributed by atoms with van der Waals surface area (Å²) in [5, 5.41) is 0.941. The minimum Gasteiger partial charge on any atom is -0.469 e. The van der Waals surface area contributed by atoms with E-state index in [0.29, 0.717) is 26.9 Å². The van der Waals surface area contributed by atoms with E-state index in [0.717, 1.165) is 28.0 Å². The largest absolute Gasteiger partial charge is 0.469 e. The van der Waals surface area contributed by atoms with Crippen LogP contribution in [-0.4, -0.2) is 24.7 Å². The quantitative estimate of drug-likeness (QED) is 0.303.